The van der Waals surface area contributed by atoms with E-state index >= 15 is 0 Å². The number of amides is 1. The van der Waals surface area contributed by atoms with E-state index in [1.54, 1.807) is 18.2 Å². The fourth-order valence-electron chi connectivity index (χ4n) is 2.24. The largest absolute Gasteiger partial charge is 0.486 e. The smallest absolute Gasteiger partial charge is 0.338 e. The van der Waals surface area contributed by atoms with Crippen LogP contribution in [0.15, 0.2) is 48.5 Å². The molecule has 2 aromatic carbocycles. The summed E-state index contributed by atoms with van der Waals surface area (Å²) in [5.41, 5.74) is 0.331. The number of carbonyl (C=O) groups excluding carboxylic acids is 2. The highest BCUT2D eigenvalue weighted by atomic mass is 35.5. The molecule has 2 aromatic rings. The van der Waals surface area contributed by atoms with Crippen molar-refractivity contribution < 1.29 is 23.8 Å². The average molecular weight is 362 g/mol. The van der Waals surface area contributed by atoms with Crippen molar-refractivity contribution in [3.63, 3.8) is 0 Å². The fraction of sp³-hybridized carbons (Fsp3) is 0.222. The van der Waals surface area contributed by atoms with Gasteiger partial charge in [-0.05, 0) is 36.4 Å². The standard InChI is InChI=1S/C18H16ClNO5/c19-13-7-5-12(6-8-13)18(22)24-11-17(21)20-9-14-10-23-15-3-1-2-4-16(15)25-14/h1-8,14H,9-11H2,(H,20,21). The van der Waals surface area contributed by atoms with Crippen LogP contribution in [0.2, 0.25) is 5.02 Å². The van der Waals surface area contributed by atoms with Gasteiger partial charge in [0.25, 0.3) is 5.91 Å². The van der Waals surface area contributed by atoms with E-state index in [0.29, 0.717) is 28.7 Å². The highest BCUT2D eigenvalue weighted by molar-refractivity contribution is 6.30. The summed E-state index contributed by atoms with van der Waals surface area (Å²) in [6.45, 7) is 0.221. The number of ether oxygens (including phenoxy) is 3. The number of para-hydroxylation sites is 2. The Kier molecular flexibility index (Phi) is 5.40. The summed E-state index contributed by atoms with van der Waals surface area (Å²) in [4.78, 5) is 23.6. The average Bonchev–Trinajstić information content (AvgIpc) is 2.65. The first-order chi connectivity index (χ1) is 12.1. The third kappa shape index (κ3) is 4.64. The number of hydrogen-bond acceptors (Lipinski definition) is 5. The van der Waals surface area contributed by atoms with Crippen LogP contribution >= 0.6 is 11.6 Å². The Morgan fingerprint density at radius 2 is 1.84 bits per heavy atom. The number of fused-ring (bicyclic) bond motifs is 1. The lowest BCUT2D eigenvalue weighted by atomic mass is 10.2. The number of hydrogen-bond donors (Lipinski definition) is 1. The van der Waals surface area contributed by atoms with Crippen LogP contribution in [0.4, 0.5) is 0 Å². The molecule has 0 fully saturated rings. The zero-order chi connectivity index (χ0) is 17.6. The van der Waals surface area contributed by atoms with Crippen molar-refractivity contribution in [1.82, 2.24) is 5.32 Å². The maximum atomic E-state index is 11.8. The molecule has 0 spiro atoms. The number of carbonyl (C=O) groups is 2. The van der Waals surface area contributed by atoms with Crippen molar-refractivity contribution in [3.8, 4) is 11.5 Å². The van der Waals surface area contributed by atoms with Crippen molar-refractivity contribution in [2.45, 2.75) is 6.10 Å². The molecular weight excluding hydrogens is 346 g/mol. The maximum Gasteiger partial charge on any atom is 0.338 e. The molecule has 7 heteroatoms. The first-order valence-corrected chi connectivity index (χ1v) is 8.07. The van der Waals surface area contributed by atoms with Crippen LogP contribution in [0, 0.1) is 0 Å². The normalized spacial score (nSPS) is 15.3. The molecule has 25 heavy (non-hydrogen) atoms. The molecule has 1 aliphatic heterocycles. The number of nitrogens with one attached hydrogen (secondary N) is 1. The first kappa shape index (κ1) is 17.1. The quantitative estimate of drug-likeness (QED) is 0.828. The molecular formula is C18H16ClNO5. The van der Waals surface area contributed by atoms with Crippen LogP contribution < -0.4 is 14.8 Å². The zero-order valence-electron chi connectivity index (χ0n) is 13.2. The monoisotopic (exact) mass is 361 g/mol. The number of halogens is 1. The molecule has 1 heterocycles. The lowest BCUT2D eigenvalue weighted by molar-refractivity contribution is -0.124. The molecule has 1 amide bonds. The van der Waals surface area contributed by atoms with Crippen molar-refractivity contribution in [2.75, 3.05) is 19.8 Å². The highest BCUT2D eigenvalue weighted by Crippen LogP contribution is 2.30. The summed E-state index contributed by atoms with van der Waals surface area (Å²) in [6, 6.07) is 13.6. The lowest BCUT2D eigenvalue weighted by Gasteiger charge is -2.26. The van der Waals surface area contributed by atoms with Crippen LogP contribution in [0.3, 0.4) is 0 Å². The van der Waals surface area contributed by atoms with Crippen LogP contribution in [0.25, 0.3) is 0 Å². The molecule has 0 saturated heterocycles. The predicted molar refractivity (Wildman–Crippen MR) is 91.1 cm³/mol. The molecule has 1 unspecified atom stereocenters. The maximum absolute atomic E-state index is 11.8. The molecule has 1 N–H and O–H groups in total. The predicted octanol–water partition coefficient (Wildman–Crippen LogP) is 2.45. The summed E-state index contributed by atoms with van der Waals surface area (Å²) in [5, 5.41) is 3.18. The third-order valence-electron chi connectivity index (χ3n) is 3.51. The molecule has 1 atom stereocenters. The van der Waals surface area contributed by atoms with Gasteiger partial charge < -0.3 is 19.5 Å². The Labute approximate surface area is 149 Å². The highest BCUT2D eigenvalue weighted by Gasteiger charge is 2.21. The van der Waals surface area contributed by atoms with E-state index in [1.807, 2.05) is 18.2 Å². The lowest BCUT2D eigenvalue weighted by Crippen LogP contribution is -2.42. The molecule has 0 aromatic heterocycles. The molecule has 0 bridgehead atoms. The van der Waals surface area contributed by atoms with Gasteiger partial charge in [0.2, 0.25) is 0 Å². The first-order valence-electron chi connectivity index (χ1n) is 7.69. The second-order valence-electron chi connectivity index (χ2n) is 5.38. The molecule has 130 valence electrons. The van der Waals surface area contributed by atoms with Crippen molar-refractivity contribution in [2.24, 2.45) is 0 Å². The van der Waals surface area contributed by atoms with Gasteiger partial charge in [-0.2, -0.15) is 0 Å². The Hall–Kier alpha value is -2.73. The van der Waals surface area contributed by atoms with Gasteiger partial charge in [-0.25, -0.2) is 4.79 Å². The minimum Gasteiger partial charge on any atom is -0.486 e. The summed E-state index contributed by atoms with van der Waals surface area (Å²) in [7, 11) is 0. The Balaban J connectivity index is 1.41. The second-order valence-corrected chi connectivity index (χ2v) is 5.82. The van der Waals surface area contributed by atoms with E-state index in [-0.39, 0.29) is 19.3 Å². The van der Waals surface area contributed by atoms with E-state index in [4.69, 9.17) is 25.8 Å². The number of esters is 1. The second kappa shape index (κ2) is 7.90. The third-order valence-corrected chi connectivity index (χ3v) is 3.76. The Bertz CT molecular complexity index is 762. The Morgan fingerprint density at radius 3 is 2.60 bits per heavy atom. The van der Waals surface area contributed by atoms with Crippen LogP contribution in [0.1, 0.15) is 10.4 Å². The van der Waals surface area contributed by atoms with E-state index in [1.165, 1.54) is 12.1 Å². The topological polar surface area (TPSA) is 73.9 Å². The number of benzene rings is 2. The summed E-state index contributed by atoms with van der Waals surface area (Å²) in [6.07, 6.45) is -0.300. The minimum absolute atomic E-state index is 0.256. The molecule has 0 saturated carbocycles. The number of rotatable bonds is 5. The summed E-state index contributed by atoms with van der Waals surface area (Å²) >= 11 is 5.75. The van der Waals surface area contributed by atoms with Gasteiger partial charge in [0, 0.05) is 5.02 Å². The molecule has 0 aliphatic carbocycles. The van der Waals surface area contributed by atoms with Gasteiger partial charge >= 0.3 is 5.97 Å². The van der Waals surface area contributed by atoms with Gasteiger partial charge in [0.05, 0.1) is 12.1 Å². The van der Waals surface area contributed by atoms with Crippen molar-refractivity contribution in [3.05, 3.63) is 59.1 Å². The van der Waals surface area contributed by atoms with Gasteiger partial charge in [-0.1, -0.05) is 23.7 Å². The van der Waals surface area contributed by atoms with Crippen LogP contribution in [-0.2, 0) is 9.53 Å². The SMILES string of the molecule is O=C(COC(=O)c1ccc(Cl)cc1)NCC1COc2ccccc2O1. The van der Waals surface area contributed by atoms with Crippen molar-refractivity contribution in [1.29, 1.82) is 0 Å². The van der Waals surface area contributed by atoms with Gasteiger partial charge in [0.15, 0.2) is 18.1 Å². The van der Waals surface area contributed by atoms with Crippen LogP contribution in [-0.4, -0.2) is 37.7 Å². The summed E-state index contributed by atoms with van der Waals surface area (Å²) in [5.74, 6) is 0.326. The molecule has 6 nitrogen and oxygen atoms in total. The van der Waals surface area contributed by atoms with Crippen molar-refractivity contribution >= 4 is 23.5 Å². The molecule has 0 radical (unpaired) electrons. The minimum atomic E-state index is -0.585. The zero-order valence-corrected chi connectivity index (χ0v) is 14.0. The van der Waals surface area contributed by atoms with Gasteiger partial charge in [-0.15, -0.1) is 0 Å². The Morgan fingerprint density at radius 1 is 1.12 bits per heavy atom. The van der Waals surface area contributed by atoms with E-state index < -0.39 is 11.9 Å². The van der Waals surface area contributed by atoms with E-state index in [9.17, 15) is 9.59 Å². The molecule has 1 aliphatic rings. The fourth-order valence-corrected chi connectivity index (χ4v) is 2.37. The van der Waals surface area contributed by atoms with Gasteiger partial charge in [0.1, 0.15) is 12.7 Å². The summed E-state index contributed by atoms with van der Waals surface area (Å²) < 4.78 is 16.2. The van der Waals surface area contributed by atoms with Crippen LogP contribution in [0.5, 0.6) is 11.5 Å². The van der Waals surface area contributed by atoms with E-state index in [2.05, 4.69) is 5.32 Å². The van der Waals surface area contributed by atoms with Gasteiger partial charge in [-0.3, -0.25) is 4.79 Å². The molecule has 3 rings (SSSR count). The van der Waals surface area contributed by atoms with E-state index in [0.717, 1.165) is 0 Å².